The minimum absolute atomic E-state index is 0.0231. The molecule has 0 aliphatic carbocycles. The molecule has 0 fully saturated rings. The van der Waals surface area contributed by atoms with Crippen molar-refractivity contribution in [3.05, 3.63) is 69.8 Å². The van der Waals surface area contributed by atoms with E-state index in [9.17, 15) is 14.4 Å². The number of fused-ring (bicyclic) bond motifs is 1. The molecular formula is C25H31BrN8O3. The lowest BCUT2D eigenvalue weighted by Gasteiger charge is -2.18. The molecule has 0 radical (unpaired) electrons. The summed E-state index contributed by atoms with van der Waals surface area (Å²) in [5.41, 5.74) is 19.4. The van der Waals surface area contributed by atoms with Crippen molar-refractivity contribution in [3.63, 3.8) is 0 Å². The number of aliphatic imine (C=N–C) groups is 1. The van der Waals surface area contributed by atoms with Gasteiger partial charge in [0.2, 0.25) is 11.8 Å². The second kappa shape index (κ2) is 13.3. The number of aromatic amines is 1. The molecule has 1 aromatic heterocycles. The Balaban J connectivity index is 1.61. The van der Waals surface area contributed by atoms with Crippen LogP contribution in [0.15, 0.2) is 58.1 Å². The molecule has 2 aromatic carbocycles. The second-order valence-corrected chi connectivity index (χ2v) is 9.42. The van der Waals surface area contributed by atoms with Gasteiger partial charge >= 0.3 is 6.03 Å². The van der Waals surface area contributed by atoms with Crippen LogP contribution < -0.4 is 33.2 Å². The molecule has 0 saturated heterocycles. The van der Waals surface area contributed by atoms with E-state index < -0.39 is 12.1 Å². The molecule has 0 bridgehead atoms. The van der Waals surface area contributed by atoms with Crippen LogP contribution in [0.5, 0.6) is 0 Å². The summed E-state index contributed by atoms with van der Waals surface area (Å²) in [5.74, 6) is -0.599. The third kappa shape index (κ3) is 8.83. The summed E-state index contributed by atoms with van der Waals surface area (Å²) in [5, 5.41) is 9.20. The standard InChI is InChI=1S/C25H31BrN8O3/c26-18-7-8-20-19(11-18)17(14-31-20)10-22(35)34-21(2-1-9-30-24(27)28)23(36)32-12-15-3-5-16(6-4-15)13-33-25(29)37/h3-8,11,14,21,31H,1-2,9-10,12-13H2,(H,32,36)(H,34,35)(H4,27,28,30)(H3,29,33,37)/t21-/m1/s1. The summed E-state index contributed by atoms with van der Waals surface area (Å²) >= 11 is 3.46. The van der Waals surface area contributed by atoms with Crippen molar-refractivity contribution >= 4 is 50.6 Å². The van der Waals surface area contributed by atoms with Crippen LogP contribution in [0.1, 0.15) is 29.5 Å². The zero-order chi connectivity index (χ0) is 26.8. The number of hydrogen-bond acceptors (Lipinski definition) is 4. The molecule has 11 nitrogen and oxygen atoms in total. The average molecular weight is 571 g/mol. The van der Waals surface area contributed by atoms with Gasteiger partial charge in [0.15, 0.2) is 5.96 Å². The highest BCUT2D eigenvalue weighted by Gasteiger charge is 2.21. The van der Waals surface area contributed by atoms with Crippen molar-refractivity contribution < 1.29 is 14.4 Å². The summed E-state index contributed by atoms with van der Waals surface area (Å²) in [6.07, 6.45) is 2.80. The number of rotatable bonds is 12. The molecule has 4 amide bonds. The summed E-state index contributed by atoms with van der Waals surface area (Å²) < 4.78 is 0.912. The van der Waals surface area contributed by atoms with Crippen molar-refractivity contribution in [2.24, 2.45) is 22.2 Å². The van der Waals surface area contributed by atoms with Gasteiger partial charge in [-0.1, -0.05) is 40.2 Å². The number of halogens is 1. The Bertz CT molecular complexity index is 1270. The lowest BCUT2D eigenvalue weighted by Crippen LogP contribution is -2.47. The molecular weight excluding hydrogens is 540 g/mol. The minimum atomic E-state index is -0.752. The van der Waals surface area contributed by atoms with Gasteiger partial charge in [-0.2, -0.15) is 0 Å². The first-order valence-corrected chi connectivity index (χ1v) is 12.5. The number of nitrogens with two attached hydrogens (primary N) is 3. The van der Waals surface area contributed by atoms with E-state index in [2.05, 4.69) is 41.9 Å². The van der Waals surface area contributed by atoms with Gasteiger partial charge in [0.1, 0.15) is 6.04 Å². The first kappa shape index (κ1) is 27.5. The number of carbonyl (C=O) groups excluding carboxylic acids is 3. The maximum absolute atomic E-state index is 13.0. The fraction of sp³-hybridized carbons (Fsp3) is 0.280. The third-order valence-electron chi connectivity index (χ3n) is 5.63. The van der Waals surface area contributed by atoms with Gasteiger partial charge in [0, 0.05) is 41.2 Å². The Hall–Kier alpha value is -4.06. The fourth-order valence-corrected chi connectivity index (χ4v) is 4.13. The maximum Gasteiger partial charge on any atom is 0.312 e. The zero-order valence-electron chi connectivity index (χ0n) is 20.2. The molecule has 12 heteroatoms. The Morgan fingerprint density at radius 2 is 1.65 bits per heavy atom. The SMILES string of the molecule is NC(=O)NCc1ccc(CNC(=O)[C@@H](CCCN=C(N)N)NC(=O)Cc2c[nH]c3ccc(Br)cc23)cc1. The van der Waals surface area contributed by atoms with Gasteiger partial charge in [-0.05, 0) is 47.7 Å². The number of primary amides is 1. The molecule has 0 aliphatic rings. The van der Waals surface area contributed by atoms with Gasteiger partial charge in [0.05, 0.1) is 6.42 Å². The number of nitrogens with one attached hydrogen (secondary N) is 4. The van der Waals surface area contributed by atoms with E-state index in [4.69, 9.17) is 17.2 Å². The van der Waals surface area contributed by atoms with E-state index in [0.29, 0.717) is 25.9 Å². The summed E-state index contributed by atoms with van der Waals surface area (Å²) in [7, 11) is 0. The van der Waals surface area contributed by atoms with Crippen molar-refractivity contribution in [2.45, 2.75) is 38.4 Å². The van der Waals surface area contributed by atoms with E-state index in [-0.39, 0.29) is 30.7 Å². The molecule has 1 atom stereocenters. The van der Waals surface area contributed by atoms with Gasteiger partial charge in [0.25, 0.3) is 0 Å². The minimum Gasteiger partial charge on any atom is -0.370 e. The van der Waals surface area contributed by atoms with Crippen molar-refractivity contribution in [2.75, 3.05) is 6.54 Å². The number of guanidine groups is 1. The Morgan fingerprint density at radius 3 is 2.30 bits per heavy atom. The van der Waals surface area contributed by atoms with Crippen LogP contribution in [-0.4, -0.2) is 41.4 Å². The van der Waals surface area contributed by atoms with E-state index in [1.165, 1.54) is 0 Å². The van der Waals surface area contributed by atoms with E-state index in [0.717, 1.165) is 32.1 Å². The molecule has 0 aliphatic heterocycles. The van der Waals surface area contributed by atoms with Crippen molar-refractivity contribution in [1.82, 2.24) is 20.9 Å². The van der Waals surface area contributed by atoms with Crippen LogP contribution in [0.25, 0.3) is 10.9 Å². The Morgan fingerprint density at radius 1 is 0.973 bits per heavy atom. The van der Waals surface area contributed by atoms with Crippen LogP contribution in [0.3, 0.4) is 0 Å². The van der Waals surface area contributed by atoms with Gasteiger partial charge in [-0.3, -0.25) is 14.6 Å². The number of carbonyl (C=O) groups is 3. The first-order chi connectivity index (χ1) is 17.7. The Labute approximate surface area is 222 Å². The lowest BCUT2D eigenvalue weighted by molar-refractivity contribution is -0.129. The van der Waals surface area contributed by atoms with Crippen molar-refractivity contribution in [1.29, 1.82) is 0 Å². The van der Waals surface area contributed by atoms with Crippen LogP contribution in [0.4, 0.5) is 4.79 Å². The maximum atomic E-state index is 13.0. The highest BCUT2D eigenvalue weighted by atomic mass is 79.9. The molecule has 10 N–H and O–H groups in total. The van der Waals surface area contributed by atoms with E-state index in [1.807, 2.05) is 42.5 Å². The largest absolute Gasteiger partial charge is 0.370 e. The molecule has 3 aromatic rings. The number of H-pyrrole nitrogens is 1. The van der Waals surface area contributed by atoms with Gasteiger partial charge in [-0.15, -0.1) is 0 Å². The number of urea groups is 1. The Kier molecular flexibility index (Phi) is 9.90. The number of nitrogens with zero attached hydrogens (tertiary/aromatic N) is 1. The smallest absolute Gasteiger partial charge is 0.312 e. The van der Waals surface area contributed by atoms with Crippen molar-refractivity contribution in [3.8, 4) is 0 Å². The van der Waals surface area contributed by atoms with Crippen LogP contribution in [0, 0.1) is 0 Å². The number of aromatic nitrogens is 1. The van der Waals surface area contributed by atoms with Crippen LogP contribution >= 0.6 is 15.9 Å². The third-order valence-corrected chi connectivity index (χ3v) is 6.13. The lowest BCUT2D eigenvalue weighted by atomic mass is 10.1. The van der Waals surface area contributed by atoms with Gasteiger partial charge < -0.3 is 38.1 Å². The number of amides is 4. The predicted octanol–water partition coefficient (Wildman–Crippen LogP) is 1.50. The summed E-state index contributed by atoms with van der Waals surface area (Å²) in [6.45, 7) is 0.942. The quantitative estimate of drug-likeness (QED) is 0.0982. The van der Waals surface area contributed by atoms with Crippen LogP contribution in [0.2, 0.25) is 0 Å². The first-order valence-electron chi connectivity index (χ1n) is 11.7. The molecule has 0 unspecified atom stereocenters. The number of hydrogen-bond donors (Lipinski definition) is 7. The molecule has 196 valence electrons. The fourth-order valence-electron chi connectivity index (χ4n) is 3.76. The second-order valence-electron chi connectivity index (χ2n) is 8.50. The van der Waals surface area contributed by atoms with Gasteiger partial charge in [-0.25, -0.2) is 4.79 Å². The highest BCUT2D eigenvalue weighted by molar-refractivity contribution is 9.10. The summed E-state index contributed by atoms with van der Waals surface area (Å²) in [6, 6.07) is 11.8. The molecule has 0 saturated carbocycles. The molecule has 1 heterocycles. The number of benzene rings is 2. The topological polar surface area (TPSA) is 194 Å². The average Bonchev–Trinajstić information content (AvgIpc) is 3.25. The van der Waals surface area contributed by atoms with E-state index in [1.54, 1.807) is 6.20 Å². The molecule has 3 rings (SSSR count). The van der Waals surface area contributed by atoms with Crippen LogP contribution in [-0.2, 0) is 29.1 Å². The molecule has 37 heavy (non-hydrogen) atoms. The predicted molar refractivity (Wildman–Crippen MR) is 146 cm³/mol. The molecule has 0 spiro atoms. The zero-order valence-corrected chi connectivity index (χ0v) is 21.8. The highest BCUT2D eigenvalue weighted by Crippen LogP contribution is 2.23. The van der Waals surface area contributed by atoms with E-state index >= 15 is 0 Å². The monoisotopic (exact) mass is 570 g/mol. The normalized spacial score (nSPS) is 11.5. The summed E-state index contributed by atoms with van der Waals surface area (Å²) in [4.78, 5) is 43.9.